The molecular formula is C32H33F4N9O. The number of piperidine rings is 1. The molecule has 46 heavy (non-hydrogen) atoms. The number of alkyl halides is 4. The Kier molecular flexibility index (Phi) is 6.56. The molecule has 0 bridgehead atoms. The Morgan fingerprint density at radius 3 is 2.65 bits per heavy atom. The third kappa shape index (κ3) is 4.68. The summed E-state index contributed by atoms with van der Waals surface area (Å²) >= 11 is 0. The molecule has 1 spiro atoms. The van der Waals surface area contributed by atoms with E-state index in [1.807, 2.05) is 42.6 Å². The van der Waals surface area contributed by atoms with Crippen molar-refractivity contribution in [3.8, 4) is 11.3 Å². The minimum Gasteiger partial charge on any atom is -0.385 e. The lowest BCUT2D eigenvalue weighted by atomic mass is 9.69. The molecule has 1 amide bonds. The Hall–Kier alpha value is -4.30. The molecule has 3 fully saturated rings. The van der Waals surface area contributed by atoms with Crippen LogP contribution in [0.4, 0.5) is 34.8 Å². The van der Waals surface area contributed by atoms with E-state index < -0.39 is 29.2 Å². The van der Waals surface area contributed by atoms with Crippen LogP contribution in [-0.4, -0.2) is 88.0 Å². The fourth-order valence-electron chi connectivity index (χ4n) is 7.13. The number of halogens is 4. The third-order valence-corrected chi connectivity index (χ3v) is 9.85. The molecule has 3 aliphatic heterocycles. The van der Waals surface area contributed by atoms with Crippen LogP contribution in [0.25, 0.3) is 16.9 Å². The Bertz CT molecular complexity index is 1840. The maximum Gasteiger partial charge on any atom is 0.272 e. The van der Waals surface area contributed by atoms with Gasteiger partial charge in [-0.2, -0.15) is 0 Å². The first-order valence-corrected chi connectivity index (χ1v) is 15.5. The van der Waals surface area contributed by atoms with Crippen molar-refractivity contribution in [1.82, 2.24) is 35.1 Å². The number of carbonyl (C=O) groups excluding carboxylic acids is 1. The van der Waals surface area contributed by atoms with Gasteiger partial charge < -0.3 is 20.9 Å². The number of nitrogens with one attached hydrogen (secondary N) is 3. The highest BCUT2D eigenvalue weighted by Gasteiger charge is 2.61. The highest BCUT2D eigenvalue weighted by atomic mass is 19.3. The van der Waals surface area contributed by atoms with Crippen LogP contribution in [0.15, 0.2) is 48.8 Å². The second-order valence-electron chi connectivity index (χ2n) is 12.8. The largest absolute Gasteiger partial charge is 0.385 e. The number of anilines is 3. The van der Waals surface area contributed by atoms with Gasteiger partial charge in [0.05, 0.1) is 35.6 Å². The summed E-state index contributed by atoms with van der Waals surface area (Å²) in [5, 5.41) is 13.0. The van der Waals surface area contributed by atoms with Gasteiger partial charge in [-0.25, -0.2) is 27.1 Å². The van der Waals surface area contributed by atoms with Crippen LogP contribution in [0.3, 0.4) is 0 Å². The molecule has 4 aliphatic rings. The molecule has 240 valence electrons. The highest BCUT2D eigenvalue weighted by Crippen LogP contribution is 2.49. The smallest absolute Gasteiger partial charge is 0.272 e. The van der Waals surface area contributed by atoms with Gasteiger partial charge in [0.25, 0.3) is 17.8 Å². The van der Waals surface area contributed by atoms with E-state index in [0.29, 0.717) is 56.3 Å². The summed E-state index contributed by atoms with van der Waals surface area (Å²) in [5.41, 5.74) is 5.05. The number of fused-ring (bicyclic) bond motifs is 2. The first-order valence-electron chi connectivity index (χ1n) is 15.5. The Labute approximate surface area is 262 Å². The number of likely N-dealkylation sites (tertiary alicyclic amines) is 1. The molecule has 2 saturated heterocycles. The van der Waals surface area contributed by atoms with Gasteiger partial charge in [-0.1, -0.05) is 18.2 Å². The van der Waals surface area contributed by atoms with Crippen LogP contribution in [0.1, 0.15) is 34.5 Å². The lowest BCUT2D eigenvalue weighted by molar-refractivity contribution is -0.205. The number of hydrogen-bond acceptors (Lipinski definition) is 8. The number of hydrogen-bond donors (Lipinski definition) is 3. The summed E-state index contributed by atoms with van der Waals surface area (Å²) < 4.78 is 57.4. The molecule has 1 aromatic carbocycles. The average Bonchev–Trinajstić information content (AvgIpc) is 3.34. The number of carbonyl (C=O) groups is 1. The van der Waals surface area contributed by atoms with Crippen LogP contribution in [0, 0.1) is 5.41 Å². The fourth-order valence-corrected chi connectivity index (χ4v) is 7.13. The number of nitrogens with zero attached hydrogens (tertiary/aromatic N) is 6. The molecule has 8 rings (SSSR count). The zero-order valence-electron chi connectivity index (χ0n) is 25.2. The van der Waals surface area contributed by atoms with E-state index in [9.17, 15) is 22.4 Å². The second-order valence-corrected chi connectivity index (χ2v) is 12.8. The van der Waals surface area contributed by atoms with E-state index in [-0.39, 0.29) is 18.7 Å². The molecule has 3 aromatic heterocycles. The lowest BCUT2D eigenvalue weighted by Gasteiger charge is -2.56. The molecule has 10 nitrogen and oxygen atoms in total. The number of pyridine rings is 1. The number of aromatic nitrogens is 4. The Morgan fingerprint density at radius 1 is 1.11 bits per heavy atom. The molecule has 1 aliphatic carbocycles. The van der Waals surface area contributed by atoms with Crippen LogP contribution in [-0.2, 0) is 13.0 Å². The number of benzene rings is 1. The van der Waals surface area contributed by atoms with Crippen molar-refractivity contribution in [2.45, 2.75) is 43.7 Å². The molecule has 3 N–H and O–H groups in total. The van der Waals surface area contributed by atoms with Crippen LogP contribution in [0.5, 0.6) is 0 Å². The molecule has 6 heterocycles. The zero-order chi connectivity index (χ0) is 31.8. The average molecular weight is 636 g/mol. The SMILES string of the molecule is CNc1cc(N2CCc3c(-c4ccc(CN5CC6(CCNCC6(F)F)C5)cn4)cccc32)nn2c(C(=O)N[C@@H]3CC3(F)F)cnc12. The summed E-state index contributed by atoms with van der Waals surface area (Å²) in [4.78, 5) is 26.1. The van der Waals surface area contributed by atoms with Crippen LogP contribution >= 0.6 is 0 Å². The van der Waals surface area contributed by atoms with E-state index in [0.717, 1.165) is 34.5 Å². The summed E-state index contributed by atoms with van der Waals surface area (Å²) in [6.45, 7) is 2.38. The summed E-state index contributed by atoms with van der Waals surface area (Å²) in [6, 6.07) is 10.7. The van der Waals surface area contributed by atoms with Crippen molar-refractivity contribution in [2.75, 3.05) is 50.0 Å². The third-order valence-electron chi connectivity index (χ3n) is 9.85. The van der Waals surface area contributed by atoms with Gasteiger partial charge in [-0.05, 0) is 42.6 Å². The normalized spacial score (nSPS) is 22.5. The molecule has 4 aromatic rings. The highest BCUT2D eigenvalue weighted by molar-refractivity contribution is 5.94. The minimum absolute atomic E-state index is 0.0753. The zero-order valence-corrected chi connectivity index (χ0v) is 25.2. The first-order chi connectivity index (χ1) is 22.1. The summed E-state index contributed by atoms with van der Waals surface area (Å²) in [6.07, 6.45) is 4.02. The van der Waals surface area contributed by atoms with Crippen molar-refractivity contribution >= 4 is 28.7 Å². The van der Waals surface area contributed by atoms with Gasteiger partial charge >= 0.3 is 0 Å². The van der Waals surface area contributed by atoms with Gasteiger partial charge in [0.2, 0.25) is 0 Å². The standard InChI is InChI=1S/C32H33F4N9O/c1-37-23-11-27(42-45-25(14-40-28(23)45)29(46)41-26-12-31(26,33)34)44-10-7-21-20(3-2-4-24(21)44)22-6-5-19(13-39-22)15-43-17-30(18-43)8-9-38-16-32(30,35)36/h2-6,11,13-14,26,37-38H,7-10,12,15-18H2,1H3,(H,41,46)/t26-/m1/s1. The molecule has 14 heteroatoms. The van der Waals surface area contributed by atoms with E-state index in [1.165, 1.54) is 10.7 Å². The van der Waals surface area contributed by atoms with Crippen molar-refractivity contribution in [3.63, 3.8) is 0 Å². The molecule has 0 radical (unpaired) electrons. The molecule has 0 unspecified atom stereocenters. The predicted molar refractivity (Wildman–Crippen MR) is 164 cm³/mol. The maximum atomic E-state index is 14.6. The van der Waals surface area contributed by atoms with E-state index in [4.69, 9.17) is 10.1 Å². The number of amides is 1. The molecule has 1 saturated carbocycles. The number of rotatable bonds is 7. The summed E-state index contributed by atoms with van der Waals surface area (Å²) in [7, 11) is 1.74. The monoisotopic (exact) mass is 635 g/mol. The molecule has 1 atom stereocenters. The van der Waals surface area contributed by atoms with Crippen LogP contribution in [0.2, 0.25) is 0 Å². The van der Waals surface area contributed by atoms with Crippen LogP contribution < -0.4 is 20.9 Å². The minimum atomic E-state index is -2.89. The van der Waals surface area contributed by atoms with Crippen molar-refractivity contribution < 1.29 is 22.4 Å². The van der Waals surface area contributed by atoms with E-state index in [2.05, 4.69) is 30.7 Å². The van der Waals surface area contributed by atoms with E-state index >= 15 is 0 Å². The fraction of sp³-hybridized carbons (Fsp3) is 0.438. The van der Waals surface area contributed by atoms with Gasteiger partial charge in [0, 0.05) is 63.2 Å². The topological polar surface area (TPSA) is 103 Å². The van der Waals surface area contributed by atoms with Crippen molar-refractivity contribution in [3.05, 3.63) is 65.6 Å². The lowest BCUT2D eigenvalue weighted by Crippen LogP contribution is -2.69. The summed E-state index contributed by atoms with van der Waals surface area (Å²) in [5.74, 6) is -5.65. The van der Waals surface area contributed by atoms with Gasteiger partial charge in [0.1, 0.15) is 0 Å². The van der Waals surface area contributed by atoms with E-state index in [1.54, 1.807) is 7.05 Å². The second kappa shape index (κ2) is 10.4. The Balaban J connectivity index is 1.02. The maximum absolute atomic E-state index is 14.6. The van der Waals surface area contributed by atoms with Crippen molar-refractivity contribution in [1.29, 1.82) is 0 Å². The number of imidazole rings is 1. The molecular weight excluding hydrogens is 602 g/mol. The first kappa shape index (κ1) is 29.1. The van der Waals surface area contributed by atoms with Gasteiger partial charge in [0.15, 0.2) is 17.2 Å². The van der Waals surface area contributed by atoms with Crippen molar-refractivity contribution in [2.24, 2.45) is 5.41 Å². The van der Waals surface area contributed by atoms with Gasteiger partial charge in [-0.15, -0.1) is 5.10 Å². The quantitative estimate of drug-likeness (QED) is 0.261. The van der Waals surface area contributed by atoms with Gasteiger partial charge in [-0.3, -0.25) is 14.7 Å². The Morgan fingerprint density at radius 2 is 1.93 bits per heavy atom. The predicted octanol–water partition coefficient (Wildman–Crippen LogP) is 4.10.